The van der Waals surface area contributed by atoms with Crippen molar-refractivity contribution in [1.29, 1.82) is 0 Å². The zero-order chi connectivity index (χ0) is 16.2. The van der Waals surface area contributed by atoms with Gasteiger partial charge >= 0.3 is 0 Å². The van der Waals surface area contributed by atoms with Crippen LogP contribution in [0.4, 0.5) is 0 Å². The van der Waals surface area contributed by atoms with Gasteiger partial charge in [0.25, 0.3) is 0 Å². The summed E-state index contributed by atoms with van der Waals surface area (Å²) in [5, 5.41) is 0. The molecular formula is C20H26O4. The monoisotopic (exact) mass is 330 g/mol. The second kappa shape index (κ2) is 4.33. The van der Waals surface area contributed by atoms with E-state index >= 15 is 0 Å². The number of epoxide rings is 1. The molecule has 0 radical (unpaired) electrons. The summed E-state index contributed by atoms with van der Waals surface area (Å²) < 4.78 is 18.6. The number of carbonyl (C=O) groups excluding carboxylic acids is 1. The average Bonchev–Trinajstić information content (AvgIpc) is 3.17. The van der Waals surface area contributed by atoms with E-state index in [0.29, 0.717) is 24.2 Å². The van der Waals surface area contributed by atoms with Crippen LogP contribution in [0.25, 0.3) is 0 Å². The lowest BCUT2D eigenvalue weighted by Crippen LogP contribution is -2.54. The van der Waals surface area contributed by atoms with Gasteiger partial charge in [-0.2, -0.15) is 0 Å². The summed E-state index contributed by atoms with van der Waals surface area (Å²) >= 11 is 0. The summed E-state index contributed by atoms with van der Waals surface area (Å²) in [5.74, 6) is 1.57. The summed E-state index contributed by atoms with van der Waals surface area (Å²) in [5.41, 5.74) is 1.33. The Kier molecular flexibility index (Phi) is 2.61. The second-order valence-corrected chi connectivity index (χ2v) is 9.14. The molecule has 3 unspecified atom stereocenters. The number of hydrogen-bond donors (Lipinski definition) is 0. The highest BCUT2D eigenvalue weighted by Crippen LogP contribution is 2.72. The number of carbonyl (C=O) groups is 1. The molecule has 6 rings (SSSR count). The Balaban J connectivity index is 1.38. The summed E-state index contributed by atoms with van der Waals surface area (Å²) in [6.45, 7) is 3.64. The minimum atomic E-state index is -0.110. The fraction of sp³-hybridized carbons (Fsp3) is 0.850. The van der Waals surface area contributed by atoms with Crippen LogP contribution in [-0.4, -0.2) is 42.4 Å². The zero-order valence-electron chi connectivity index (χ0n) is 14.4. The molecule has 130 valence electrons. The van der Waals surface area contributed by atoms with Crippen LogP contribution in [0, 0.1) is 17.3 Å². The molecule has 4 heteroatoms. The molecule has 0 bridgehead atoms. The Labute approximate surface area is 142 Å². The van der Waals surface area contributed by atoms with Crippen LogP contribution >= 0.6 is 0 Å². The van der Waals surface area contributed by atoms with E-state index in [1.807, 2.05) is 0 Å². The predicted octanol–water partition coefficient (Wildman–Crippen LogP) is 2.80. The highest BCUT2D eigenvalue weighted by Gasteiger charge is 2.78. The summed E-state index contributed by atoms with van der Waals surface area (Å²) in [6, 6.07) is 0. The van der Waals surface area contributed by atoms with Gasteiger partial charge in [-0.3, -0.25) is 4.79 Å². The van der Waals surface area contributed by atoms with Crippen LogP contribution in [0.2, 0.25) is 0 Å². The van der Waals surface area contributed by atoms with Gasteiger partial charge in [0.1, 0.15) is 17.0 Å². The molecule has 6 aliphatic rings. The minimum Gasteiger partial charge on any atom is -0.373 e. The Morgan fingerprint density at radius 1 is 1.12 bits per heavy atom. The summed E-state index contributed by atoms with van der Waals surface area (Å²) in [6.07, 6.45) is 9.82. The van der Waals surface area contributed by atoms with E-state index in [2.05, 4.69) is 13.0 Å². The summed E-state index contributed by atoms with van der Waals surface area (Å²) in [7, 11) is 0. The number of ether oxygens (including phenoxy) is 3. The molecule has 2 aliphatic heterocycles. The van der Waals surface area contributed by atoms with Crippen LogP contribution in [0.5, 0.6) is 0 Å². The minimum absolute atomic E-state index is 0.00749. The van der Waals surface area contributed by atoms with E-state index in [1.54, 1.807) is 0 Å². The molecule has 0 spiro atoms. The molecule has 24 heavy (non-hydrogen) atoms. The van der Waals surface area contributed by atoms with E-state index in [9.17, 15) is 4.79 Å². The van der Waals surface area contributed by atoms with Gasteiger partial charge in [-0.1, -0.05) is 13.0 Å². The molecule has 7 atom stereocenters. The molecule has 4 aliphatic carbocycles. The lowest BCUT2D eigenvalue weighted by atomic mass is 9.54. The first-order chi connectivity index (χ1) is 11.6. The van der Waals surface area contributed by atoms with Gasteiger partial charge in [0.05, 0.1) is 25.4 Å². The molecule has 4 nitrogen and oxygen atoms in total. The third-order valence-electron chi connectivity index (χ3n) is 8.34. The topological polar surface area (TPSA) is 48.1 Å². The largest absolute Gasteiger partial charge is 0.373 e. The van der Waals surface area contributed by atoms with Gasteiger partial charge in [0, 0.05) is 24.7 Å². The predicted molar refractivity (Wildman–Crippen MR) is 86.5 cm³/mol. The fourth-order valence-electron chi connectivity index (χ4n) is 7.05. The molecule has 0 amide bonds. The van der Waals surface area contributed by atoms with E-state index < -0.39 is 0 Å². The van der Waals surface area contributed by atoms with E-state index in [0.717, 1.165) is 45.1 Å². The van der Waals surface area contributed by atoms with E-state index in [1.165, 1.54) is 12.0 Å². The number of fused-ring (bicyclic) bond motifs is 4. The number of hydrogen-bond acceptors (Lipinski definition) is 4. The number of Topliss-reactive ketones (excluding diaryl/α,β-unsaturated/α-hetero) is 1. The molecule has 5 fully saturated rings. The molecule has 0 aromatic carbocycles. The van der Waals surface area contributed by atoms with Crippen molar-refractivity contribution >= 4 is 5.78 Å². The highest BCUT2D eigenvalue weighted by molar-refractivity contribution is 5.87. The number of rotatable bonds is 0. The van der Waals surface area contributed by atoms with Crippen LogP contribution in [0.1, 0.15) is 51.9 Å². The van der Waals surface area contributed by atoms with Crippen molar-refractivity contribution in [1.82, 2.24) is 0 Å². The van der Waals surface area contributed by atoms with Gasteiger partial charge in [-0.15, -0.1) is 0 Å². The number of allylic oxidation sites excluding steroid dienone is 1. The Bertz CT molecular complexity index is 656. The van der Waals surface area contributed by atoms with Gasteiger partial charge in [-0.05, 0) is 43.1 Å². The smallest absolute Gasteiger partial charge is 0.139 e. The van der Waals surface area contributed by atoms with Crippen molar-refractivity contribution in [2.45, 2.75) is 75.3 Å². The number of ketones is 1. The van der Waals surface area contributed by atoms with Crippen LogP contribution < -0.4 is 0 Å². The van der Waals surface area contributed by atoms with Crippen molar-refractivity contribution < 1.29 is 19.0 Å². The SMILES string of the molecule is C[C@]12CC=C3[C@@H](CCC45CC6OCCOC6C[C@]34O5)[C@@H]1CCC2=O. The fourth-order valence-corrected chi connectivity index (χ4v) is 7.05. The second-order valence-electron chi connectivity index (χ2n) is 9.14. The van der Waals surface area contributed by atoms with Crippen molar-refractivity contribution in [2.75, 3.05) is 13.2 Å². The quantitative estimate of drug-likeness (QED) is 0.506. The molecule has 2 heterocycles. The maximum absolute atomic E-state index is 12.5. The lowest BCUT2D eigenvalue weighted by molar-refractivity contribution is -0.159. The Morgan fingerprint density at radius 2 is 1.92 bits per heavy atom. The Morgan fingerprint density at radius 3 is 2.75 bits per heavy atom. The third kappa shape index (κ3) is 1.51. The standard InChI is InChI=1S/C20H26O4/c1-18-6-5-14-12(13(18)2-3-17(18)21)4-7-19-10-15-16(23-9-8-22-15)11-20(14,19)24-19/h5,12-13,15-16H,2-4,6-11H2,1H3/t12-,13-,15?,16?,18-,19?,20-/m0/s1. The van der Waals surface area contributed by atoms with Crippen molar-refractivity contribution in [3.63, 3.8) is 0 Å². The molecule has 0 aromatic heterocycles. The highest BCUT2D eigenvalue weighted by atomic mass is 16.6. The van der Waals surface area contributed by atoms with Gasteiger partial charge in [0.2, 0.25) is 0 Å². The van der Waals surface area contributed by atoms with Gasteiger partial charge in [0.15, 0.2) is 0 Å². The first kappa shape index (κ1) is 14.5. The first-order valence-electron chi connectivity index (χ1n) is 9.75. The normalized spacial score (nSPS) is 57.9. The summed E-state index contributed by atoms with van der Waals surface area (Å²) in [4.78, 5) is 12.5. The van der Waals surface area contributed by atoms with Crippen molar-refractivity contribution in [2.24, 2.45) is 17.3 Å². The lowest BCUT2D eigenvalue weighted by Gasteiger charge is -2.49. The first-order valence-corrected chi connectivity index (χ1v) is 9.75. The van der Waals surface area contributed by atoms with Crippen LogP contribution in [0.3, 0.4) is 0 Å². The molecule has 0 aromatic rings. The maximum atomic E-state index is 12.5. The van der Waals surface area contributed by atoms with Crippen molar-refractivity contribution in [3.05, 3.63) is 11.6 Å². The van der Waals surface area contributed by atoms with Gasteiger partial charge < -0.3 is 14.2 Å². The maximum Gasteiger partial charge on any atom is 0.139 e. The molecule has 2 saturated heterocycles. The van der Waals surface area contributed by atoms with E-state index in [-0.39, 0.29) is 28.8 Å². The Hall–Kier alpha value is -0.710. The zero-order valence-corrected chi connectivity index (χ0v) is 14.4. The molecule has 0 N–H and O–H groups in total. The average molecular weight is 330 g/mol. The molecule has 3 saturated carbocycles. The van der Waals surface area contributed by atoms with Crippen LogP contribution in [0.15, 0.2) is 11.6 Å². The van der Waals surface area contributed by atoms with E-state index in [4.69, 9.17) is 14.2 Å². The molecular weight excluding hydrogens is 304 g/mol. The van der Waals surface area contributed by atoms with Crippen LogP contribution in [-0.2, 0) is 19.0 Å². The van der Waals surface area contributed by atoms with Crippen molar-refractivity contribution in [3.8, 4) is 0 Å². The van der Waals surface area contributed by atoms with Gasteiger partial charge in [-0.25, -0.2) is 0 Å². The third-order valence-corrected chi connectivity index (χ3v) is 8.34.